The zero-order valence-corrected chi connectivity index (χ0v) is 10.5. The molecule has 0 aliphatic rings. The molecule has 0 fully saturated rings. The number of nitrogens with zero attached hydrogens (tertiary/aromatic N) is 3. The molecule has 0 atom stereocenters. The van der Waals surface area contributed by atoms with Crippen LogP contribution in [-0.4, -0.2) is 22.3 Å². The summed E-state index contributed by atoms with van der Waals surface area (Å²) in [7, 11) is 1.54. The highest BCUT2D eigenvalue weighted by atomic mass is 16.5. The maximum Gasteiger partial charge on any atom is 0.335 e. The van der Waals surface area contributed by atoms with Gasteiger partial charge in [0, 0.05) is 5.56 Å². The lowest BCUT2D eigenvalue weighted by molar-refractivity contribution is 0.374. The van der Waals surface area contributed by atoms with E-state index >= 15 is 0 Å². The van der Waals surface area contributed by atoms with Crippen LogP contribution >= 0.6 is 0 Å². The summed E-state index contributed by atoms with van der Waals surface area (Å²) in [4.78, 5) is 4.32. The van der Waals surface area contributed by atoms with E-state index in [1.165, 1.54) is 23.8 Å². The average molecular weight is 229 g/mol. The normalized spacial score (nSPS) is 10.4. The van der Waals surface area contributed by atoms with Crippen LogP contribution in [0, 0.1) is 20.8 Å². The number of rotatable bonds is 2. The molecular weight excluding hydrogens is 214 g/mol. The highest BCUT2D eigenvalue weighted by Crippen LogP contribution is 2.26. The molecule has 0 amide bonds. The SMILES string of the molecule is COc1nncc(-c2c(C)cc(C)cc2C)n1. The van der Waals surface area contributed by atoms with Crippen LogP contribution in [0.15, 0.2) is 18.3 Å². The van der Waals surface area contributed by atoms with Crippen LogP contribution in [0.4, 0.5) is 0 Å². The molecule has 4 nitrogen and oxygen atoms in total. The largest absolute Gasteiger partial charge is 0.466 e. The van der Waals surface area contributed by atoms with Crippen LogP contribution in [0.1, 0.15) is 16.7 Å². The molecule has 0 radical (unpaired) electrons. The maximum absolute atomic E-state index is 5.00. The average Bonchev–Trinajstić information content (AvgIpc) is 2.28. The van der Waals surface area contributed by atoms with Crippen LogP contribution in [-0.2, 0) is 0 Å². The van der Waals surface area contributed by atoms with E-state index in [-0.39, 0.29) is 0 Å². The smallest absolute Gasteiger partial charge is 0.335 e. The molecule has 4 heteroatoms. The summed E-state index contributed by atoms with van der Waals surface area (Å²) >= 11 is 0. The third-order valence-corrected chi connectivity index (χ3v) is 2.66. The van der Waals surface area contributed by atoms with Gasteiger partial charge in [-0.05, 0) is 31.9 Å². The summed E-state index contributed by atoms with van der Waals surface area (Å²) in [6.45, 7) is 6.23. The van der Waals surface area contributed by atoms with Crippen molar-refractivity contribution < 1.29 is 4.74 Å². The van der Waals surface area contributed by atoms with Gasteiger partial charge in [-0.2, -0.15) is 10.1 Å². The highest BCUT2D eigenvalue weighted by Gasteiger charge is 2.09. The predicted octanol–water partition coefficient (Wildman–Crippen LogP) is 2.47. The zero-order chi connectivity index (χ0) is 12.4. The fraction of sp³-hybridized carbons (Fsp3) is 0.308. The van der Waals surface area contributed by atoms with Crippen molar-refractivity contribution in [2.45, 2.75) is 20.8 Å². The monoisotopic (exact) mass is 229 g/mol. The Hall–Kier alpha value is -1.97. The lowest BCUT2D eigenvalue weighted by Crippen LogP contribution is -1.98. The van der Waals surface area contributed by atoms with Gasteiger partial charge in [0.25, 0.3) is 0 Å². The lowest BCUT2D eigenvalue weighted by atomic mass is 9.98. The molecule has 0 saturated carbocycles. The Kier molecular flexibility index (Phi) is 3.04. The van der Waals surface area contributed by atoms with Crippen molar-refractivity contribution in [3.8, 4) is 17.3 Å². The molecule has 0 aliphatic heterocycles. The summed E-state index contributed by atoms with van der Waals surface area (Å²) in [6.07, 6.45) is 1.66. The predicted molar refractivity (Wildman–Crippen MR) is 66.0 cm³/mol. The third-order valence-electron chi connectivity index (χ3n) is 2.66. The molecule has 0 bridgehead atoms. The molecular formula is C13H15N3O. The van der Waals surface area contributed by atoms with Crippen molar-refractivity contribution in [3.63, 3.8) is 0 Å². The molecule has 0 N–H and O–H groups in total. The fourth-order valence-corrected chi connectivity index (χ4v) is 2.08. The Morgan fingerprint density at radius 3 is 2.29 bits per heavy atom. The van der Waals surface area contributed by atoms with E-state index in [0.717, 1.165) is 11.3 Å². The minimum Gasteiger partial charge on any atom is -0.466 e. The van der Waals surface area contributed by atoms with Crippen LogP contribution in [0.25, 0.3) is 11.3 Å². The van der Waals surface area contributed by atoms with Gasteiger partial charge in [-0.15, -0.1) is 0 Å². The van der Waals surface area contributed by atoms with Gasteiger partial charge in [-0.25, -0.2) is 0 Å². The van der Waals surface area contributed by atoms with Gasteiger partial charge in [-0.1, -0.05) is 22.8 Å². The summed E-state index contributed by atoms with van der Waals surface area (Å²) in [5, 5.41) is 7.68. The Labute approximate surface area is 101 Å². The second-order valence-corrected chi connectivity index (χ2v) is 4.10. The number of hydrogen-bond donors (Lipinski definition) is 0. The van der Waals surface area contributed by atoms with Gasteiger partial charge in [0.1, 0.15) is 0 Å². The Bertz CT molecular complexity index is 529. The van der Waals surface area contributed by atoms with Crippen molar-refractivity contribution in [2.75, 3.05) is 7.11 Å². The van der Waals surface area contributed by atoms with Gasteiger partial charge in [0.2, 0.25) is 0 Å². The van der Waals surface area contributed by atoms with Crippen LogP contribution in [0.5, 0.6) is 6.01 Å². The van der Waals surface area contributed by atoms with Crippen molar-refractivity contribution >= 4 is 0 Å². The fourth-order valence-electron chi connectivity index (χ4n) is 2.08. The molecule has 1 aromatic heterocycles. The highest BCUT2D eigenvalue weighted by molar-refractivity contribution is 5.67. The summed E-state index contributed by atoms with van der Waals surface area (Å²) in [5.41, 5.74) is 5.52. The van der Waals surface area contributed by atoms with Crippen LogP contribution in [0.2, 0.25) is 0 Å². The number of ether oxygens (including phenoxy) is 1. The first kappa shape index (κ1) is 11.5. The molecule has 2 rings (SSSR count). The first-order valence-corrected chi connectivity index (χ1v) is 5.43. The number of aryl methyl sites for hydroxylation is 3. The third kappa shape index (κ3) is 2.25. The molecule has 0 aliphatic carbocycles. The second-order valence-electron chi connectivity index (χ2n) is 4.10. The van der Waals surface area contributed by atoms with E-state index in [0.29, 0.717) is 6.01 Å². The molecule has 0 saturated heterocycles. The minimum absolute atomic E-state index is 0.293. The van der Waals surface area contributed by atoms with E-state index < -0.39 is 0 Å². The molecule has 1 heterocycles. The van der Waals surface area contributed by atoms with Gasteiger partial charge in [0.05, 0.1) is 19.0 Å². The zero-order valence-electron chi connectivity index (χ0n) is 10.5. The summed E-state index contributed by atoms with van der Waals surface area (Å²) in [5.74, 6) is 0. The molecule has 0 unspecified atom stereocenters. The summed E-state index contributed by atoms with van der Waals surface area (Å²) in [6, 6.07) is 4.57. The quantitative estimate of drug-likeness (QED) is 0.793. The van der Waals surface area contributed by atoms with Gasteiger partial charge >= 0.3 is 6.01 Å². The van der Waals surface area contributed by atoms with Gasteiger partial charge in [0.15, 0.2) is 0 Å². The Morgan fingerprint density at radius 2 is 1.71 bits per heavy atom. The second kappa shape index (κ2) is 4.49. The number of aromatic nitrogens is 3. The maximum atomic E-state index is 5.00. The van der Waals surface area contributed by atoms with Crippen LogP contribution in [0.3, 0.4) is 0 Å². The Balaban J connectivity index is 2.60. The minimum atomic E-state index is 0.293. The number of methoxy groups -OCH3 is 1. The molecule has 1 aromatic carbocycles. The number of benzene rings is 1. The van der Waals surface area contributed by atoms with Gasteiger partial charge in [-0.3, -0.25) is 0 Å². The summed E-state index contributed by atoms with van der Waals surface area (Å²) < 4.78 is 5.00. The van der Waals surface area contributed by atoms with E-state index in [1.54, 1.807) is 6.20 Å². The first-order valence-electron chi connectivity index (χ1n) is 5.43. The van der Waals surface area contributed by atoms with Crippen molar-refractivity contribution in [3.05, 3.63) is 35.0 Å². The van der Waals surface area contributed by atoms with E-state index in [9.17, 15) is 0 Å². The number of hydrogen-bond acceptors (Lipinski definition) is 4. The Morgan fingerprint density at radius 1 is 1.06 bits per heavy atom. The van der Waals surface area contributed by atoms with Crippen molar-refractivity contribution in [1.29, 1.82) is 0 Å². The van der Waals surface area contributed by atoms with E-state index in [1.807, 2.05) is 0 Å². The molecule has 17 heavy (non-hydrogen) atoms. The molecule has 2 aromatic rings. The molecule has 88 valence electrons. The van der Waals surface area contributed by atoms with Crippen LogP contribution < -0.4 is 4.74 Å². The lowest BCUT2D eigenvalue weighted by Gasteiger charge is -2.10. The van der Waals surface area contributed by atoms with E-state index in [4.69, 9.17) is 4.74 Å². The van der Waals surface area contributed by atoms with E-state index in [2.05, 4.69) is 48.1 Å². The molecule has 0 spiro atoms. The van der Waals surface area contributed by atoms with Gasteiger partial charge < -0.3 is 4.74 Å². The van der Waals surface area contributed by atoms with Crippen molar-refractivity contribution in [1.82, 2.24) is 15.2 Å². The standard InChI is InChI=1S/C13H15N3O/c1-8-5-9(2)12(10(3)6-8)11-7-14-16-13(15-11)17-4/h5-7H,1-4H3. The van der Waals surface area contributed by atoms with Crippen molar-refractivity contribution in [2.24, 2.45) is 0 Å². The first-order chi connectivity index (χ1) is 8.11. The topological polar surface area (TPSA) is 47.9 Å².